The van der Waals surface area contributed by atoms with E-state index in [2.05, 4.69) is 5.32 Å². The highest BCUT2D eigenvalue weighted by Crippen LogP contribution is 2.35. The molecule has 0 spiro atoms. The van der Waals surface area contributed by atoms with Crippen molar-refractivity contribution in [1.82, 2.24) is 5.32 Å². The molecule has 0 aromatic heterocycles. The van der Waals surface area contributed by atoms with E-state index in [1.807, 2.05) is 0 Å². The molecule has 2 aromatic rings. The van der Waals surface area contributed by atoms with Crippen molar-refractivity contribution in [2.45, 2.75) is 17.9 Å². The number of Topliss-reactive ketones (excluding diaryl/α,β-unsaturated/α-hetero) is 1. The van der Waals surface area contributed by atoms with Gasteiger partial charge in [-0.2, -0.15) is 5.26 Å². The van der Waals surface area contributed by atoms with Gasteiger partial charge in [0.1, 0.15) is 11.9 Å². The monoisotopic (exact) mass is 374 g/mol. The first-order valence-corrected chi connectivity index (χ1v) is 7.95. The SMILES string of the molecule is N#Cc1cc([C@H]2CNC(=O)[C@]2(O)C(=O)Cc2cccc(F)c2F)ccc1F. The number of rotatable bonds is 4. The van der Waals surface area contributed by atoms with Gasteiger partial charge in [-0.25, -0.2) is 13.2 Å². The molecule has 0 aliphatic carbocycles. The molecule has 138 valence electrons. The molecule has 1 saturated heterocycles. The molecule has 1 heterocycles. The summed E-state index contributed by atoms with van der Waals surface area (Å²) in [7, 11) is 0. The number of carbonyl (C=O) groups is 2. The van der Waals surface area contributed by atoms with Gasteiger partial charge in [0, 0.05) is 18.9 Å². The van der Waals surface area contributed by atoms with Crippen LogP contribution in [0.4, 0.5) is 13.2 Å². The Kier molecular flexibility index (Phi) is 4.72. The molecule has 2 aromatic carbocycles. The van der Waals surface area contributed by atoms with Gasteiger partial charge in [0.05, 0.1) is 5.56 Å². The third-order valence-electron chi connectivity index (χ3n) is 4.64. The molecule has 0 saturated carbocycles. The van der Waals surface area contributed by atoms with Crippen molar-refractivity contribution in [1.29, 1.82) is 5.26 Å². The number of nitrogens with zero attached hydrogens (tertiary/aromatic N) is 1. The standard InChI is InChI=1S/C19H13F3N2O3/c20-14-5-4-10(6-12(14)8-23)13-9-24-18(26)19(13,27)16(25)7-11-2-1-3-15(21)17(11)22/h1-6,13,27H,7,9H2,(H,24,26)/t13-,19-/m1/s1. The third kappa shape index (κ3) is 3.06. The minimum absolute atomic E-state index is 0.136. The number of aliphatic hydroxyl groups is 1. The smallest absolute Gasteiger partial charge is 0.260 e. The summed E-state index contributed by atoms with van der Waals surface area (Å²) >= 11 is 0. The molecule has 1 amide bonds. The number of nitrogens with one attached hydrogen (secondary N) is 1. The molecule has 0 radical (unpaired) electrons. The van der Waals surface area contributed by atoms with Crippen molar-refractivity contribution >= 4 is 11.7 Å². The lowest BCUT2D eigenvalue weighted by molar-refractivity contribution is -0.149. The fourth-order valence-electron chi connectivity index (χ4n) is 3.15. The first-order valence-electron chi connectivity index (χ1n) is 7.95. The summed E-state index contributed by atoms with van der Waals surface area (Å²) in [5, 5.41) is 22.1. The zero-order valence-corrected chi connectivity index (χ0v) is 13.8. The van der Waals surface area contributed by atoms with Gasteiger partial charge in [0.15, 0.2) is 17.4 Å². The number of hydrogen-bond donors (Lipinski definition) is 2. The average Bonchev–Trinajstić information content (AvgIpc) is 2.95. The molecule has 1 aliphatic heterocycles. The molecule has 0 bridgehead atoms. The van der Waals surface area contributed by atoms with Crippen LogP contribution in [-0.2, 0) is 16.0 Å². The summed E-state index contributed by atoms with van der Waals surface area (Å²) in [6.45, 7) is -0.136. The molecular formula is C19H13F3N2O3. The molecule has 2 atom stereocenters. The maximum Gasteiger partial charge on any atom is 0.260 e. The Labute approximate surface area is 152 Å². The van der Waals surface area contributed by atoms with Crippen LogP contribution in [0.5, 0.6) is 0 Å². The summed E-state index contributed by atoms with van der Waals surface area (Å²) in [5.74, 6) is -6.31. The van der Waals surface area contributed by atoms with Crippen LogP contribution in [0.25, 0.3) is 0 Å². The van der Waals surface area contributed by atoms with Crippen LogP contribution in [0.2, 0.25) is 0 Å². The minimum Gasteiger partial charge on any atom is -0.373 e. The van der Waals surface area contributed by atoms with Crippen LogP contribution in [0.15, 0.2) is 36.4 Å². The molecule has 2 N–H and O–H groups in total. The van der Waals surface area contributed by atoms with Gasteiger partial charge in [-0.05, 0) is 29.3 Å². The molecule has 3 rings (SSSR count). The van der Waals surface area contributed by atoms with Crippen LogP contribution in [-0.4, -0.2) is 28.9 Å². The minimum atomic E-state index is -2.55. The van der Waals surface area contributed by atoms with Crippen LogP contribution in [0.1, 0.15) is 22.6 Å². The van der Waals surface area contributed by atoms with Crippen LogP contribution >= 0.6 is 0 Å². The van der Waals surface area contributed by atoms with Gasteiger partial charge in [0.2, 0.25) is 5.60 Å². The van der Waals surface area contributed by atoms with E-state index in [1.165, 1.54) is 18.2 Å². The molecule has 0 unspecified atom stereocenters. The van der Waals surface area contributed by atoms with E-state index in [1.54, 1.807) is 6.07 Å². The summed E-state index contributed by atoms with van der Waals surface area (Å²) in [4.78, 5) is 24.9. The lowest BCUT2D eigenvalue weighted by atomic mass is 9.79. The molecule has 1 fully saturated rings. The van der Waals surface area contributed by atoms with Gasteiger partial charge in [0.25, 0.3) is 5.91 Å². The molecule has 1 aliphatic rings. The second kappa shape index (κ2) is 6.85. The summed E-state index contributed by atoms with van der Waals surface area (Å²) in [6.07, 6.45) is -0.712. The molecule has 27 heavy (non-hydrogen) atoms. The Hall–Kier alpha value is -3.18. The summed E-state index contributed by atoms with van der Waals surface area (Å²) in [5.41, 5.74) is -2.97. The fourth-order valence-corrected chi connectivity index (χ4v) is 3.15. The number of ketones is 1. The summed E-state index contributed by atoms with van der Waals surface area (Å²) < 4.78 is 40.7. The highest BCUT2D eigenvalue weighted by molar-refractivity contribution is 6.12. The van der Waals surface area contributed by atoms with Gasteiger partial charge < -0.3 is 10.4 Å². The Bertz CT molecular complexity index is 987. The number of carbonyl (C=O) groups excluding carboxylic acids is 2. The first kappa shape index (κ1) is 18.6. The maximum atomic E-state index is 13.8. The van der Waals surface area contributed by atoms with Gasteiger partial charge in [-0.3, -0.25) is 9.59 Å². The van der Waals surface area contributed by atoms with Gasteiger partial charge in [-0.15, -0.1) is 0 Å². The predicted molar refractivity (Wildman–Crippen MR) is 86.9 cm³/mol. The van der Waals surface area contributed by atoms with Crippen LogP contribution in [0, 0.1) is 28.8 Å². The number of amides is 1. The summed E-state index contributed by atoms with van der Waals surface area (Å²) in [6, 6.07) is 8.29. The zero-order valence-electron chi connectivity index (χ0n) is 13.8. The van der Waals surface area contributed by atoms with Gasteiger partial charge >= 0.3 is 0 Å². The van der Waals surface area contributed by atoms with E-state index in [-0.39, 0.29) is 23.2 Å². The highest BCUT2D eigenvalue weighted by Gasteiger charge is 2.55. The largest absolute Gasteiger partial charge is 0.373 e. The average molecular weight is 374 g/mol. The Morgan fingerprint density at radius 3 is 2.70 bits per heavy atom. The zero-order chi connectivity index (χ0) is 19.8. The second-order valence-electron chi connectivity index (χ2n) is 6.19. The quantitative estimate of drug-likeness (QED) is 0.798. The lowest BCUT2D eigenvalue weighted by Gasteiger charge is -2.26. The van der Waals surface area contributed by atoms with Crippen molar-refractivity contribution in [3.05, 3.63) is 70.5 Å². The van der Waals surface area contributed by atoms with E-state index >= 15 is 0 Å². The predicted octanol–water partition coefficient (Wildman–Crippen LogP) is 1.73. The number of nitriles is 1. The van der Waals surface area contributed by atoms with E-state index in [9.17, 15) is 27.9 Å². The molecular weight excluding hydrogens is 361 g/mol. The van der Waals surface area contributed by atoms with Crippen molar-refractivity contribution in [2.24, 2.45) is 0 Å². The van der Waals surface area contributed by atoms with E-state index in [4.69, 9.17) is 5.26 Å². The lowest BCUT2D eigenvalue weighted by Crippen LogP contribution is -2.50. The number of hydrogen-bond acceptors (Lipinski definition) is 4. The van der Waals surface area contributed by atoms with Crippen molar-refractivity contribution in [3.63, 3.8) is 0 Å². The van der Waals surface area contributed by atoms with Crippen molar-refractivity contribution < 1.29 is 27.9 Å². The maximum absolute atomic E-state index is 13.8. The second-order valence-corrected chi connectivity index (χ2v) is 6.19. The van der Waals surface area contributed by atoms with Gasteiger partial charge in [-0.1, -0.05) is 18.2 Å². The van der Waals surface area contributed by atoms with E-state index < -0.39 is 47.1 Å². The van der Waals surface area contributed by atoms with Crippen molar-refractivity contribution in [3.8, 4) is 6.07 Å². The Morgan fingerprint density at radius 2 is 2.00 bits per heavy atom. The van der Waals surface area contributed by atoms with Crippen molar-refractivity contribution in [2.75, 3.05) is 6.54 Å². The van der Waals surface area contributed by atoms with E-state index in [0.29, 0.717) is 0 Å². The molecule has 8 heteroatoms. The number of benzene rings is 2. The Morgan fingerprint density at radius 1 is 1.26 bits per heavy atom. The fraction of sp³-hybridized carbons (Fsp3) is 0.211. The molecule has 5 nitrogen and oxygen atoms in total. The Balaban J connectivity index is 1.98. The third-order valence-corrected chi connectivity index (χ3v) is 4.64. The van der Waals surface area contributed by atoms with E-state index in [0.717, 1.165) is 18.2 Å². The normalized spacial score (nSPS) is 21.6. The highest BCUT2D eigenvalue weighted by atomic mass is 19.2. The first-order chi connectivity index (χ1) is 12.8. The van der Waals surface area contributed by atoms with Crippen LogP contribution < -0.4 is 5.32 Å². The van der Waals surface area contributed by atoms with Crippen LogP contribution in [0.3, 0.4) is 0 Å². The topological polar surface area (TPSA) is 90.2 Å². The number of halogens is 3.